The van der Waals surface area contributed by atoms with E-state index in [9.17, 15) is 0 Å². The molecular formula is C21H27NO4. The van der Waals surface area contributed by atoms with Gasteiger partial charge in [-0.1, -0.05) is 19.9 Å². The van der Waals surface area contributed by atoms with E-state index in [0.717, 1.165) is 34.0 Å². The number of hydrogen-bond donors (Lipinski definition) is 1. The number of rotatable bonds is 5. The van der Waals surface area contributed by atoms with Gasteiger partial charge in [0.25, 0.3) is 0 Å². The van der Waals surface area contributed by atoms with E-state index in [1.54, 1.807) is 14.2 Å². The lowest BCUT2D eigenvalue weighted by molar-refractivity contribution is -0.226. The number of methoxy groups -OCH3 is 2. The highest BCUT2D eigenvalue weighted by Crippen LogP contribution is 2.34. The van der Waals surface area contributed by atoms with Crippen LogP contribution in [0.4, 0.5) is 11.4 Å². The van der Waals surface area contributed by atoms with Crippen molar-refractivity contribution in [3.63, 3.8) is 0 Å². The summed E-state index contributed by atoms with van der Waals surface area (Å²) in [4.78, 5) is 0. The second-order valence-electron chi connectivity index (χ2n) is 7.42. The highest BCUT2D eigenvalue weighted by molar-refractivity contribution is 5.66. The minimum absolute atomic E-state index is 0.0679. The van der Waals surface area contributed by atoms with Crippen LogP contribution in [0.3, 0.4) is 0 Å². The molecule has 1 heterocycles. The smallest absolute Gasteiger partial charge is 0.183 e. The van der Waals surface area contributed by atoms with Gasteiger partial charge in [-0.3, -0.25) is 0 Å². The Hall–Kier alpha value is -2.24. The first-order chi connectivity index (χ1) is 12.4. The van der Waals surface area contributed by atoms with Crippen molar-refractivity contribution in [3.8, 4) is 11.5 Å². The van der Waals surface area contributed by atoms with Gasteiger partial charge in [0.05, 0.1) is 27.4 Å². The van der Waals surface area contributed by atoms with Crippen LogP contribution in [-0.4, -0.2) is 27.4 Å². The first-order valence-corrected chi connectivity index (χ1v) is 8.74. The minimum Gasteiger partial charge on any atom is -0.497 e. The first kappa shape index (κ1) is 18.5. The van der Waals surface area contributed by atoms with Gasteiger partial charge in [0.15, 0.2) is 6.29 Å². The van der Waals surface area contributed by atoms with Crippen molar-refractivity contribution < 1.29 is 18.9 Å². The molecule has 3 rings (SSSR count). The fourth-order valence-electron chi connectivity index (χ4n) is 2.89. The molecule has 0 unspecified atom stereocenters. The number of ether oxygens (including phenoxy) is 4. The third-order valence-corrected chi connectivity index (χ3v) is 4.40. The SMILES string of the molecule is COc1cc(Nc2ccc(C3OCC(C)(C)CO3)cc2C)cc(OC)c1. The van der Waals surface area contributed by atoms with Gasteiger partial charge in [-0.25, -0.2) is 0 Å². The Morgan fingerprint density at radius 1 is 0.962 bits per heavy atom. The van der Waals surface area contributed by atoms with E-state index in [4.69, 9.17) is 18.9 Å². The lowest BCUT2D eigenvalue weighted by atomic mass is 9.95. The molecule has 5 nitrogen and oxygen atoms in total. The molecule has 5 heteroatoms. The fourth-order valence-corrected chi connectivity index (χ4v) is 2.89. The Balaban J connectivity index is 1.76. The largest absolute Gasteiger partial charge is 0.497 e. The van der Waals surface area contributed by atoms with Crippen molar-refractivity contribution in [2.45, 2.75) is 27.1 Å². The number of nitrogens with one attached hydrogen (secondary N) is 1. The Kier molecular flexibility index (Phi) is 5.39. The number of benzene rings is 2. The molecule has 2 aromatic rings. The maximum atomic E-state index is 5.88. The molecule has 140 valence electrons. The van der Waals surface area contributed by atoms with Crippen LogP contribution in [0, 0.1) is 12.3 Å². The van der Waals surface area contributed by atoms with Gasteiger partial charge in [-0.15, -0.1) is 0 Å². The molecule has 2 aromatic carbocycles. The van der Waals surface area contributed by atoms with Crippen LogP contribution in [0.5, 0.6) is 11.5 Å². The molecule has 0 amide bonds. The summed E-state index contributed by atoms with van der Waals surface area (Å²) in [5, 5.41) is 3.42. The maximum absolute atomic E-state index is 5.88. The summed E-state index contributed by atoms with van der Waals surface area (Å²) in [6, 6.07) is 11.9. The van der Waals surface area contributed by atoms with Crippen LogP contribution in [0.2, 0.25) is 0 Å². The molecular weight excluding hydrogens is 330 g/mol. The topological polar surface area (TPSA) is 49.0 Å². The molecule has 1 aliphatic heterocycles. The summed E-state index contributed by atoms with van der Waals surface area (Å²) in [6.07, 6.45) is -0.298. The van der Waals surface area contributed by atoms with Crippen molar-refractivity contribution in [2.24, 2.45) is 5.41 Å². The van der Waals surface area contributed by atoms with Crippen LogP contribution in [0.15, 0.2) is 36.4 Å². The molecule has 26 heavy (non-hydrogen) atoms. The van der Waals surface area contributed by atoms with Crippen LogP contribution in [0.25, 0.3) is 0 Å². The van der Waals surface area contributed by atoms with Crippen molar-refractivity contribution in [1.29, 1.82) is 0 Å². The Labute approximate surface area is 155 Å². The monoisotopic (exact) mass is 357 g/mol. The van der Waals surface area contributed by atoms with E-state index in [1.165, 1.54) is 0 Å². The third kappa shape index (κ3) is 4.29. The van der Waals surface area contributed by atoms with Gasteiger partial charge in [0.1, 0.15) is 11.5 Å². The zero-order valence-electron chi connectivity index (χ0n) is 16.1. The molecule has 0 radical (unpaired) electrons. The molecule has 0 atom stereocenters. The number of hydrogen-bond acceptors (Lipinski definition) is 5. The van der Waals surface area contributed by atoms with Crippen LogP contribution < -0.4 is 14.8 Å². The van der Waals surface area contributed by atoms with Gasteiger partial charge in [-0.05, 0) is 24.6 Å². The molecule has 0 bridgehead atoms. The van der Waals surface area contributed by atoms with Gasteiger partial charge in [0, 0.05) is 40.6 Å². The molecule has 1 N–H and O–H groups in total. The van der Waals surface area contributed by atoms with Crippen molar-refractivity contribution >= 4 is 11.4 Å². The average molecular weight is 357 g/mol. The summed E-state index contributed by atoms with van der Waals surface area (Å²) < 4.78 is 22.4. The highest BCUT2D eigenvalue weighted by atomic mass is 16.7. The normalized spacial score (nSPS) is 17.0. The number of anilines is 2. The van der Waals surface area contributed by atoms with E-state index in [1.807, 2.05) is 30.3 Å². The van der Waals surface area contributed by atoms with E-state index in [-0.39, 0.29) is 11.7 Å². The van der Waals surface area contributed by atoms with E-state index < -0.39 is 0 Å². The Morgan fingerprint density at radius 2 is 1.58 bits per heavy atom. The summed E-state index contributed by atoms with van der Waals surface area (Å²) in [7, 11) is 3.29. The predicted octanol–water partition coefficient (Wildman–Crippen LogP) is 4.83. The van der Waals surface area contributed by atoms with Crippen LogP contribution in [-0.2, 0) is 9.47 Å². The standard InChI is InChI=1S/C21H27NO4/c1-14-8-15(20-25-12-21(2,3)13-26-20)6-7-19(14)22-16-9-17(23-4)11-18(10-16)24-5/h6-11,20,22H,12-13H2,1-5H3. The number of aryl methyl sites for hydroxylation is 1. The second kappa shape index (κ2) is 7.56. The van der Waals surface area contributed by atoms with E-state index in [2.05, 4.69) is 32.2 Å². The first-order valence-electron chi connectivity index (χ1n) is 8.74. The second-order valence-corrected chi connectivity index (χ2v) is 7.42. The van der Waals surface area contributed by atoms with Gasteiger partial charge >= 0.3 is 0 Å². The summed E-state index contributed by atoms with van der Waals surface area (Å²) >= 11 is 0. The minimum atomic E-state index is -0.298. The summed E-state index contributed by atoms with van der Waals surface area (Å²) in [5.41, 5.74) is 4.13. The Bertz CT molecular complexity index is 740. The van der Waals surface area contributed by atoms with Crippen molar-refractivity contribution in [1.82, 2.24) is 0 Å². The van der Waals surface area contributed by atoms with Crippen LogP contribution in [0.1, 0.15) is 31.3 Å². The average Bonchev–Trinajstić information content (AvgIpc) is 2.63. The van der Waals surface area contributed by atoms with Crippen LogP contribution >= 0.6 is 0 Å². The van der Waals surface area contributed by atoms with Gasteiger partial charge < -0.3 is 24.3 Å². The van der Waals surface area contributed by atoms with Gasteiger partial charge in [-0.2, -0.15) is 0 Å². The van der Waals surface area contributed by atoms with E-state index in [0.29, 0.717) is 13.2 Å². The Morgan fingerprint density at radius 3 is 2.12 bits per heavy atom. The highest BCUT2D eigenvalue weighted by Gasteiger charge is 2.29. The molecule has 1 fully saturated rings. The zero-order valence-corrected chi connectivity index (χ0v) is 16.1. The molecule has 0 spiro atoms. The third-order valence-electron chi connectivity index (χ3n) is 4.40. The quantitative estimate of drug-likeness (QED) is 0.831. The molecule has 1 saturated heterocycles. The summed E-state index contributed by atoms with van der Waals surface area (Å²) in [6.45, 7) is 7.74. The van der Waals surface area contributed by atoms with Crippen molar-refractivity contribution in [3.05, 3.63) is 47.5 Å². The lowest BCUT2D eigenvalue weighted by Crippen LogP contribution is -2.33. The van der Waals surface area contributed by atoms with Crippen molar-refractivity contribution in [2.75, 3.05) is 32.8 Å². The fraction of sp³-hybridized carbons (Fsp3) is 0.429. The lowest BCUT2D eigenvalue weighted by Gasteiger charge is -2.34. The zero-order chi connectivity index (χ0) is 18.7. The molecule has 0 saturated carbocycles. The summed E-state index contributed by atoms with van der Waals surface area (Å²) in [5.74, 6) is 1.49. The molecule has 1 aliphatic rings. The van der Waals surface area contributed by atoms with E-state index >= 15 is 0 Å². The maximum Gasteiger partial charge on any atom is 0.183 e. The molecule has 0 aromatic heterocycles. The predicted molar refractivity (Wildman–Crippen MR) is 102 cm³/mol. The molecule has 0 aliphatic carbocycles. The van der Waals surface area contributed by atoms with Gasteiger partial charge in [0.2, 0.25) is 0 Å².